The van der Waals surface area contributed by atoms with Gasteiger partial charge in [0.1, 0.15) is 0 Å². The van der Waals surface area contributed by atoms with E-state index in [0.29, 0.717) is 0 Å². The van der Waals surface area contributed by atoms with Crippen molar-refractivity contribution in [1.29, 1.82) is 0 Å². The van der Waals surface area contributed by atoms with Crippen LogP contribution in [-0.2, 0) is 38.7 Å². The minimum Gasteiger partial charge on any atom is -0.822 e. The zero-order valence-electron chi connectivity index (χ0n) is 3.52. The van der Waals surface area contributed by atoms with Crippen LogP contribution in [0.25, 0.3) is 0 Å². The predicted octanol–water partition coefficient (Wildman–Crippen LogP) is -3.21. The molecule has 0 fully saturated rings. The summed E-state index contributed by atoms with van der Waals surface area (Å²) in [6.07, 6.45) is 0. The van der Waals surface area contributed by atoms with Crippen LogP contribution in [0.3, 0.4) is 0 Å². The monoisotopic (exact) mass is 230 g/mol. The molecule has 0 saturated heterocycles. The van der Waals surface area contributed by atoms with Crippen molar-refractivity contribution >= 4 is 30.9 Å². The van der Waals surface area contributed by atoms with Crippen molar-refractivity contribution in [3.8, 4) is 0 Å². The van der Waals surface area contributed by atoms with Gasteiger partial charge in [-0.25, -0.2) is 0 Å². The largest absolute Gasteiger partial charge is 2.00 e. The molecule has 0 rings (SSSR count). The molecule has 0 amide bonds. The number of phosphoric acid groups is 1. The van der Waals surface area contributed by atoms with Gasteiger partial charge in [-0.05, 0) is 0 Å². The van der Waals surface area contributed by atoms with E-state index in [1.165, 1.54) is 0 Å². The normalized spacial score (nSPS) is 7.38. The van der Waals surface area contributed by atoms with Crippen LogP contribution < -0.4 is 14.7 Å². The van der Waals surface area contributed by atoms with Crippen LogP contribution in [0, 0.1) is 0 Å². The fourth-order valence-corrected chi connectivity index (χ4v) is 0. The molecule has 8 heavy (non-hydrogen) atoms. The summed E-state index contributed by atoms with van der Waals surface area (Å²) in [5.74, 6) is 0. The van der Waals surface area contributed by atoms with Crippen molar-refractivity contribution in [2.45, 2.75) is 0 Å². The Morgan fingerprint density at radius 3 is 1.12 bits per heavy atom. The van der Waals surface area contributed by atoms with Crippen LogP contribution >= 0.6 is 7.82 Å². The maximum atomic E-state index is 8.55. The van der Waals surface area contributed by atoms with Gasteiger partial charge in [-0.2, -0.15) is 7.82 Å². The van der Waals surface area contributed by atoms with Gasteiger partial charge in [-0.3, -0.25) is 0 Å². The molecule has 4 nitrogen and oxygen atoms in total. The Labute approximate surface area is 83.8 Å². The van der Waals surface area contributed by atoms with Gasteiger partial charge >= 0.3 is 57.2 Å². The number of hydrogen-bond donors (Lipinski definition) is 0. The molecule has 0 spiro atoms. The number of rotatable bonds is 0. The van der Waals surface area contributed by atoms with E-state index in [1.807, 2.05) is 0 Å². The average Bonchev–Trinajstić information content (AvgIpc) is 0.722. The fourth-order valence-electron chi connectivity index (χ4n) is 0. The Balaban J connectivity index is -0.0000000267. The van der Waals surface area contributed by atoms with Crippen LogP contribution in [0.5, 0.6) is 0 Å². The zero-order valence-corrected chi connectivity index (χ0v) is 8.11. The Morgan fingerprint density at radius 1 is 1.12 bits per heavy atom. The minimum absolute atomic E-state index is 0. The first-order valence-electron chi connectivity index (χ1n) is 0.730. The third-order valence-corrected chi connectivity index (χ3v) is 0. The zero-order chi connectivity index (χ0) is 4.50. The quantitative estimate of drug-likeness (QED) is 0.323. The van der Waals surface area contributed by atoms with E-state index in [-0.39, 0.29) is 57.2 Å². The van der Waals surface area contributed by atoms with E-state index in [9.17, 15) is 0 Å². The third-order valence-electron chi connectivity index (χ3n) is 0. The SMILES string of the molecule is O=P([O-])([O-])[O-].[Fe+2].[Mg+2].[Mn+2]. The van der Waals surface area contributed by atoms with Crippen LogP contribution in [0.1, 0.15) is 0 Å². The first-order chi connectivity index (χ1) is 2.00. The molecule has 8 heteroatoms. The fraction of sp³-hybridized carbons (Fsp3) is 0. The molecular formula is FeMgMnO4P+3. The van der Waals surface area contributed by atoms with Crippen molar-refractivity contribution in [2.24, 2.45) is 0 Å². The maximum absolute atomic E-state index is 8.55. The van der Waals surface area contributed by atoms with Crippen molar-refractivity contribution in [2.75, 3.05) is 0 Å². The van der Waals surface area contributed by atoms with E-state index in [2.05, 4.69) is 0 Å². The minimum atomic E-state index is -5.39. The Morgan fingerprint density at radius 2 is 1.12 bits per heavy atom. The van der Waals surface area contributed by atoms with Gasteiger partial charge in [0.25, 0.3) is 0 Å². The summed E-state index contributed by atoms with van der Waals surface area (Å²) in [4.78, 5) is 25.6. The average molecular weight is 230 g/mol. The predicted molar refractivity (Wildman–Crippen MR) is 13.4 cm³/mol. The summed E-state index contributed by atoms with van der Waals surface area (Å²) in [6, 6.07) is 0. The molecule has 0 aliphatic heterocycles. The summed E-state index contributed by atoms with van der Waals surface area (Å²) >= 11 is 0. The standard InChI is InChI=1S/Fe.Mg.Mn.H3O4P/c;;;1-5(2,3)4/h;;;(H3,1,2,3,4)/q3*+2;/p-3. The van der Waals surface area contributed by atoms with E-state index in [0.717, 1.165) is 0 Å². The molecule has 0 unspecified atom stereocenters. The molecule has 1 radical (unpaired) electrons. The molecule has 0 saturated carbocycles. The first kappa shape index (κ1) is 22.5. The molecule has 0 aliphatic rings. The van der Waals surface area contributed by atoms with Crippen molar-refractivity contribution < 1.29 is 53.4 Å². The second-order valence-electron chi connectivity index (χ2n) is 0.447. The summed E-state index contributed by atoms with van der Waals surface area (Å²) in [5.41, 5.74) is 0. The Kier molecular flexibility index (Phi) is 25.1. The van der Waals surface area contributed by atoms with Gasteiger partial charge in [0.2, 0.25) is 0 Å². The van der Waals surface area contributed by atoms with Crippen molar-refractivity contribution in [3.63, 3.8) is 0 Å². The molecule has 0 heterocycles. The molecule has 0 aromatic rings. The van der Waals surface area contributed by atoms with Gasteiger partial charge in [-0.15, -0.1) is 0 Å². The summed E-state index contributed by atoms with van der Waals surface area (Å²) in [5, 5.41) is 0. The summed E-state index contributed by atoms with van der Waals surface area (Å²) in [6.45, 7) is 0. The molecule has 0 aliphatic carbocycles. The topological polar surface area (TPSA) is 86.2 Å². The van der Waals surface area contributed by atoms with E-state index >= 15 is 0 Å². The van der Waals surface area contributed by atoms with Crippen LogP contribution in [0.15, 0.2) is 0 Å². The Bertz CT molecular complexity index is 62.2. The number of hydrogen-bond acceptors (Lipinski definition) is 4. The van der Waals surface area contributed by atoms with Crippen LogP contribution in [0.2, 0.25) is 0 Å². The van der Waals surface area contributed by atoms with E-state index < -0.39 is 7.82 Å². The second kappa shape index (κ2) is 8.92. The van der Waals surface area contributed by atoms with Crippen molar-refractivity contribution in [1.82, 2.24) is 0 Å². The summed E-state index contributed by atoms with van der Waals surface area (Å²) in [7, 11) is -5.39. The smallest absolute Gasteiger partial charge is 0.822 e. The molecule has 0 N–H and O–H groups in total. The van der Waals surface area contributed by atoms with Gasteiger partial charge in [-0.1, -0.05) is 0 Å². The van der Waals surface area contributed by atoms with E-state index in [1.54, 1.807) is 0 Å². The van der Waals surface area contributed by atoms with Gasteiger partial charge < -0.3 is 19.2 Å². The molecule has 0 aromatic carbocycles. The third kappa shape index (κ3) is 103. The Hall–Kier alpha value is 1.92. The second-order valence-corrected chi connectivity index (χ2v) is 1.34. The molecule has 0 bridgehead atoms. The van der Waals surface area contributed by atoms with Crippen molar-refractivity contribution in [3.05, 3.63) is 0 Å². The van der Waals surface area contributed by atoms with Gasteiger partial charge in [0.15, 0.2) is 0 Å². The van der Waals surface area contributed by atoms with E-state index in [4.69, 9.17) is 19.2 Å². The van der Waals surface area contributed by atoms with Gasteiger partial charge in [0, 0.05) is 0 Å². The molecular weight excluding hydrogens is 230 g/mol. The molecule has 0 aromatic heterocycles. The summed E-state index contributed by atoms with van der Waals surface area (Å²) < 4.78 is 8.55. The molecule has 0 atom stereocenters. The maximum Gasteiger partial charge on any atom is 2.00 e. The van der Waals surface area contributed by atoms with Gasteiger partial charge in [0.05, 0.1) is 0 Å². The van der Waals surface area contributed by atoms with Crippen LogP contribution in [-0.4, -0.2) is 23.1 Å². The van der Waals surface area contributed by atoms with Crippen LogP contribution in [0.4, 0.5) is 0 Å². The first-order valence-corrected chi connectivity index (χ1v) is 2.19. The molecule has 43 valence electrons.